The van der Waals surface area contributed by atoms with Gasteiger partial charge in [-0.15, -0.1) is 0 Å². The molecule has 22 heavy (non-hydrogen) atoms. The van der Waals surface area contributed by atoms with Gasteiger partial charge in [0.25, 0.3) is 0 Å². The summed E-state index contributed by atoms with van der Waals surface area (Å²) in [6.07, 6.45) is 1.94. The lowest BCUT2D eigenvalue weighted by Gasteiger charge is -2.24. The summed E-state index contributed by atoms with van der Waals surface area (Å²) in [6.45, 7) is 16.0. The number of alkyl carbamates (subject to hydrolysis) is 1. The molecule has 0 saturated heterocycles. The second-order valence-electron chi connectivity index (χ2n) is 7.06. The van der Waals surface area contributed by atoms with Crippen molar-refractivity contribution in [3.8, 4) is 0 Å². The minimum atomic E-state index is -0.453. The summed E-state index contributed by atoms with van der Waals surface area (Å²) in [4.78, 5) is 11.7. The first-order valence-corrected chi connectivity index (χ1v) is 8.51. The van der Waals surface area contributed by atoms with Gasteiger partial charge in [0.15, 0.2) is 0 Å². The molecule has 0 heterocycles. The molecule has 0 aromatic carbocycles. The fourth-order valence-corrected chi connectivity index (χ4v) is 1.85. The molecule has 0 aliphatic carbocycles. The van der Waals surface area contributed by atoms with Crippen LogP contribution in [0.15, 0.2) is 0 Å². The van der Waals surface area contributed by atoms with Crippen LogP contribution in [0.5, 0.6) is 0 Å². The van der Waals surface area contributed by atoms with E-state index in [1.54, 1.807) is 0 Å². The Morgan fingerprint density at radius 3 is 2.36 bits per heavy atom. The average molecular weight is 316 g/mol. The first kappa shape index (κ1) is 21.2. The molecule has 0 aliphatic heterocycles. The number of ether oxygens (including phenoxy) is 2. The summed E-state index contributed by atoms with van der Waals surface area (Å²) in [7, 11) is 0. The van der Waals surface area contributed by atoms with E-state index in [2.05, 4.69) is 31.4 Å². The number of hydrogen-bond acceptors (Lipinski definition) is 4. The average Bonchev–Trinajstić information content (AvgIpc) is 2.38. The van der Waals surface area contributed by atoms with Gasteiger partial charge in [-0.1, -0.05) is 27.2 Å². The van der Waals surface area contributed by atoms with E-state index in [0.717, 1.165) is 32.7 Å². The molecule has 1 atom stereocenters. The zero-order valence-corrected chi connectivity index (χ0v) is 15.3. The minimum Gasteiger partial charge on any atom is -0.444 e. The van der Waals surface area contributed by atoms with Crippen molar-refractivity contribution in [1.82, 2.24) is 10.6 Å². The predicted molar refractivity (Wildman–Crippen MR) is 91.2 cm³/mol. The summed E-state index contributed by atoms with van der Waals surface area (Å²) < 4.78 is 10.8. The first-order chi connectivity index (χ1) is 10.3. The summed E-state index contributed by atoms with van der Waals surface area (Å²) in [5.74, 6) is 0.867. The minimum absolute atomic E-state index is 0.346. The van der Waals surface area contributed by atoms with E-state index in [-0.39, 0.29) is 6.09 Å². The Morgan fingerprint density at radius 1 is 1.14 bits per heavy atom. The molecular formula is C17H36N2O3. The quantitative estimate of drug-likeness (QED) is 0.575. The lowest BCUT2D eigenvalue weighted by molar-refractivity contribution is 0.0514. The molecule has 1 amide bonds. The lowest BCUT2D eigenvalue weighted by Crippen LogP contribution is -2.40. The van der Waals surface area contributed by atoms with Crippen molar-refractivity contribution in [2.75, 3.05) is 32.8 Å². The lowest BCUT2D eigenvalue weighted by atomic mass is 9.96. The van der Waals surface area contributed by atoms with Gasteiger partial charge in [0.1, 0.15) is 5.60 Å². The van der Waals surface area contributed by atoms with E-state index >= 15 is 0 Å². The van der Waals surface area contributed by atoms with Crippen LogP contribution in [0.2, 0.25) is 0 Å². The number of amides is 1. The Labute approximate surface area is 136 Å². The normalized spacial score (nSPS) is 13.2. The van der Waals surface area contributed by atoms with Crippen molar-refractivity contribution < 1.29 is 14.3 Å². The Morgan fingerprint density at radius 2 is 1.82 bits per heavy atom. The van der Waals surface area contributed by atoms with Crippen molar-refractivity contribution in [2.24, 2.45) is 11.8 Å². The van der Waals surface area contributed by atoms with Gasteiger partial charge < -0.3 is 20.1 Å². The van der Waals surface area contributed by atoms with Crippen LogP contribution in [0, 0.1) is 11.8 Å². The van der Waals surface area contributed by atoms with E-state index in [1.807, 2.05) is 20.8 Å². The number of rotatable bonds is 11. The highest BCUT2D eigenvalue weighted by Gasteiger charge is 2.18. The number of carbonyl (C=O) groups excluding carboxylic acids is 1. The molecule has 0 aromatic rings. The molecule has 132 valence electrons. The second kappa shape index (κ2) is 11.7. The fourth-order valence-electron chi connectivity index (χ4n) is 1.85. The number of unbranched alkanes of at least 4 members (excludes halogenated alkanes) is 1. The van der Waals surface area contributed by atoms with Gasteiger partial charge in [0.05, 0.1) is 6.61 Å². The highest BCUT2D eigenvalue weighted by molar-refractivity contribution is 5.67. The summed E-state index contributed by atoms with van der Waals surface area (Å²) in [5, 5.41) is 6.26. The van der Waals surface area contributed by atoms with Gasteiger partial charge in [-0.05, 0) is 45.6 Å². The first-order valence-electron chi connectivity index (χ1n) is 8.51. The maximum absolute atomic E-state index is 11.7. The third-order valence-corrected chi connectivity index (χ3v) is 3.32. The zero-order chi connectivity index (χ0) is 17.0. The van der Waals surface area contributed by atoms with Crippen LogP contribution in [0.1, 0.15) is 54.4 Å². The Bertz CT molecular complexity index is 288. The van der Waals surface area contributed by atoms with Crippen LogP contribution >= 0.6 is 0 Å². The molecule has 0 saturated carbocycles. The van der Waals surface area contributed by atoms with Gasteiger partial charge >= 0.3 is 6.09 Å². The van der Waals surface area contributed by atoms with Gasteiger partial charge in [-0.3, -0.25) is 0 Å². The van der Waals surface area contributed by atoms with E-state index in [1.165, 1.54) is 6.42 Å². The van der Waals surface area contributed by atoms with Gasteiger partial charge in [0, 0.05) is 19.7 Å². The van der Waals surface area contributed by atoms with Crippen LogP contribution < -0.4 is 10.6 Å². The molecule has 2 N–H and O–H groups in total. The van der Waals surface area contributed by atoms with Crippen LogP contribution in [-0.2, 0) is 9.47 Å². The Balaban J connectivity index is 3.85. The summed E-state index contributed by atoms with van der Waals surface area (Å²) >= 11 is 0. The van der Waals surface area contributed by atoms with E-state index in [0.29, 0.717) is 18.4 Å². The van der Waals surface area contributed by atoms with Crippen LogP contribution in [-0.4, -0.2) is 44.5 Å². The summed E-state index contributed by atoms with van der Waals surface area (Å²) in [6, 6.07) is 0. The SMILES string of the molecule is CCCCOCCNCC(CNC(=O)OC(C)(C)C)C(C)C. The number of hydrogen-bond donors (Lipinski definition) is 2. The van der Waals surface area contributed by atoms with E-state index in [4.69, 9.17) is 9.47 Å². The zero-order valence-electron chi connectivity index (χ0n) is 15.3. The largest absolute Gasteiger partial charge is 0.444 e. The molecule has 5 nitrogen and oxygen atoms in total. The smallest absolute Gasteiger partial charge is 0.407 e. The molecule has 0 radical (unpaired) electrons. The molecule has 5 heteroatoms. The van der Waals surface area contributed by atoms with E-state index in [9.17, 15) is 4.79 Å². The number of nitrogens with one attached hydrogen (secondary N) is 2. The van der Waals surface area contributed by atoms with Crippen LogP contribution in [0.3, 0.4) is 0 Å². The molecule has 0 aromatic heterocycles. The maximum Gasteiger partial charge on any atom is 0.407 e. The third kappa shape index (κ3) is 12.9. The van der Waals surface area contributed by atoms with E-state index < -0.39 is 5.60 Å². The highest BCUT2D eigenvalue weighted by atomic mass is 16.6. The molecule has 0 bridgehead atoms. The van der Waals surface area contributed by atoms with Crippen molar-refractivity contribution in [2.45, 2.75) is 60.0 Å². The van der Waals surface area contributed by atoms with Gasteiger partial charge in [0.2, 0.25) is 0 Å². The number of carbonyl (C=O) groups is 1. The predicted octanol–water partition coefficient (Wildman–Crippen LogP) is 3.19. The monoisotopic (exact) mass is 316 g/mol. The molecule has 0 spiro atoms. The maximum atomic E-state index is 11.7. The fraction of sp³-hybridized carbons (Fsp3) is 0.941. The van der Waals surface area contributed by atoms with Crippen LogP contribution in [0.25, 0.3) is 0 Å². The molecular weight excluding hydrogens is 280 g/mol. The highest BCUT2D eigenvalue weighted by Crippen LogP contribution is 2.10. The van der Waals surface area contributed by atoms with Gasteiger partial charge in [-0.2, -0.15) is 0 Å². The summed E-state index contributed by atoms with van der Waals surface area (Å²) in [5.41, 5.74) is -0.453. The second-order valence-corrected chi connectivity index (χ2v) is 7.06. The Kier molecular flexibility index (Phi) is 11.3. The van der Waals surface area contributed by atoms with Gasteiger partial charge in [-0.25, -0.2) is 4.79 Å². The van der Waals surface area contributed by atoms with Crippen molar-refractivity contribution in [3.63, 3.8) is 0 Å². The molecule has 0 aliphatic rings. The van der Waals surface area contributed by atoms with Crippen LogP contribution in [0.4, 0.5) is 4.79 Å². The molecule has 1 unspecified atom stereocenters. The van der Waals surface area contributed by atoms with Crippen molar-refractivity contribution in [3.05, 3.63) is 0 Å². The van der Waals surface area contributed by atoms with Crippen molar-refractivity contribution >= 4 is 6.09 Å². The topological polar surface area (TPSA) is 59.6 Å². The standard InChI is InChI=1S/C17H36N2O3/c1-7-8-10-21-11-9-18-12-15(14(2)3)13-19-16(20)22-17(4,5)6/h14-15,18H,7-13H2,1-6H3,(H,19,20). The molecule has 0 fully saturated rings. The molecule has 0 rings (SSSR count). The Hall–Kier alpha value is -0.810. The third-order valence-electron chi connectivity index (χ3n) is 3.32. The van der Waals surface area contributed by atoms with Crippen molar-refractivity contribution in [1.29, 1.82) is 0 Å².